The summed E-state index contributed by atoms with van der Waals surface area (Å²) in [6.07, 6.45) is 1.01. The Kier molecular flexibility index (Phi) is 5.29. The van der Waals surface area contributed by atoms with Crippen molar-refractivity contribution in [2.75, 3.05) is 31.7 Å². The second-order valence-electron chi connectivity index (χ2n) is 3.81. The number of sulfonamides is 2. The van der Waals surface area contributed by atoms with Gasteiger partial charge in [0.1, 0.15) is 4.90 Å². The average molecular weight is 307 g/mol. The third-order valence-corrected chi connectivity index (χ3v) is 4.47. The van der Waals surface area contributed by atoms with E-state index in [1.54, 1.807) is 25.2 Å². The Bertz CT molecular complexity index is 626. The lowest BCUT2D eigenvalue weighted by molar-refractivity contribution is 0.573. The smallest absolute Gasteiger partial charge is 0.242 e. The maximum Gasteiger partial charge on any atom is 0.242 e. The molecule has 108 valence electrons. The normalized spacial score (nSPS) is 12.3. The molecule has 3 N–H and O–H groups in total. The van der Waals surface area contributed by atoms with Gasteiger partial charge in [0, 0.05) is 20.1 Å². The predicted molar refractivity (Wildman–Crippen MR) is 74.0 cm³/mol. The number of benzene rings is 1. The molecule has 1 rings (SSSR count). The SMILES string of the molecule is CNc1ccccc1S(=O)(=O)NCCNS(C)(=O)=O. The van der Waals surface area contributed by atoms with Crippen molar-refractivity contribution in [1.29, 1.82) is 0 Å². The molecule has 0 aliphatic heterocycles. The maximum atomic E-state index is 12.0. The Morgan fingerprint density at radius 3 is 2.16 bits per heavy atom. The zero-order valence-corrected chi connectivity index (χ0v) is 12.3. The summed E-state index contributed by atoms with van der Waals surface area (Å²) in [5.74, 6) is 0. The van der Waals surface area contributed by atoms with E-state index in [4.69, 9.17) is 0 Å². The van der Waals surface area contributed by atoms with Crippen LogP contribution in [0.25, 0.3) is 0 Å². The highest BCUT2D eigenvalue weighted by atomic mass is 32.2. The first kappa shape index (κ1) is 15.9. The quantitative estimate of drug-likeness (QED) is 0.592. The minimum absolute atomic E-state index is 0.000214. The van der Waals surface area contributed by atoms with Crippen LogP contribution in [0.3, 0.4) is 0 Å². The van der Waals surface area contributed by atoms with E-state index in [1.165, 1.54) is 6.07 Å². The van der Waals surface area contributed by atoms with Crippen molar-refractivity contribution in [3.05, 3.63) is 24.3 Å². The molecule has 0 amide bonds. The average Bonchev–Trinajstić information content (AvgIpc) is 2.33. The van der Waals surface area contributed by atoms with Gasteiger partial charge in [-0.1, -0.05) is 12.1 Å². The van der Waals surface area contributed by atoms with Gasteiger partial charge in [0.05, 0.1) is 11.9 Å². The first-order valence-electron chi connectivity index (χ1n) is 5.47. The van der Waals surface area contributed by atoms with Crippen LogP contribution in [-0.2, 0) is 20.0 Å². The van der Waals surface area contributed by atoms with Crippen LogP contribution < -0.4 is 14.8 Å². The monoisotopic (exact) mass is 307 g/mol. The van der Waals surface area contributed by atoms with Gasteiger partial charge in [-0.15, -0.1) is 0 Å². The molecule has 0 radical (unpaired) electrons. The molecule has 0 fully saturated rings. The Morgan fingerprint density at radius 2 is 1.58 bits per heavy atom. The van der Waals surface area contributed by atoms with Gasteiger partial charge in [0.25, 0.3) is 0 Å². The molecule has 1 aromatic carbocycles. The lowest BCUT2D eigenvalue weighted by Crippen LogP contribution is -2.34. The molecule has 0 atom stereocenters. The van der Waals surface area contributed by atoms with Crippen molar-refractivity contribution in [1.82, 2.24) is 9.44 Å². The van der Waals surface area contributed by atoms with E-state index in [9.17, 15) is 16.8 Å². The lowest BCUT2D eigenvalue weighted by atomic mass is 10.3. The fourth-order valence-electron chi connectivity index (χ4n) is 1.41. The van der Waals surface area contributed by atoms with Crippen LogP contribution in [0.15, 0.2) is 29.2 Å². The number of hydrogen-bond acceptors (Lipinski definition) is 5. The number of nitrogens with one attached hydrogen (secondary N) is 3. The second kappa shape index (κ2) is 6.33. The molecule has 0 aliphatic carbocycles. The Morgan fingerprint density at radius 1 is 1.00 bits per heavy atom. The van der Waals surface area contributed by atoms with Gasteiger partial charge < -0.3 is 5.32 Å². The van der Waals surface area contributed by atoms with Gasteiger partial charge in [-0.05, 0) is 12.1 Å². The van der Waals surface area contributed by atoms with Gasteiger partial charge in [-0.2, -0.15) is 0 Å². The first-order chi connectivity index (χ1) is 8.76. The van der Waals surface area contributed by atoms with Gasteiger partial charge in [-0.25, -0.2) is 26.3 Å². The van der Waals surface area contributed by atoms with Gasteiger partial charge in [-0.3, -0.25) is 0 Å². The summed E-state index contributed by atoms with van der Waals surface area (Å²) >= 11 is 0. The van der Waals surface area contributed by atoms with E-state index in [2.05, 4.69) is 14.8 Å². The zero-order chi connectivity index (χ0) is 14.5. The zero-order valence-electron chi connectivity index (χ0n) is 10.7. The Hall–Kier alpha value is -1.16. The van der Waals surface area contributed by atoms with E-state index in [0.717, 1.165) is 6.26 Å². The highest BCUT2D eigenvalue weighted by Crippen LogP contribution is 2.19. The second-order valence-corrected chi connectivity index (χ2v) is 7.38. The molecular weight excluding hydrogens is 290 g/mol. The van der Waals surface area contributed by atoms with Crippen LogP contribution in [0.2, 0.25) is 0 Å². The Balaban J connectivity index is 2.71. The molecule has 0 spiro atoms. The summed E-state index contributed by atoms with van der Waals surface area (Å²) < 4.78 is 50.2. The molecule has 0 saturated heterocycles. The molecular formula is C10H17N3O4S2. The molecule has 19 heavy (non-hydrogen) atoms. The number of para-hydroxylation sites is 1. The molecule has 0 heterocycles. The number of rotatable bonds is 7. The highest BCUT2D eigenvalue weighted by Gasteiger charge is 2.16. The molecule has 0 aliphatic rings. The van der Waals surface area contributed by atoms with Crippen molar-refractivity contribution >= 4 is 25.7 Å². The minimum Gasteiger partial charge on any atom is -0.387 e. The summed E-state index contributed by atoms with van der Waals surface area (Å²) in [6, 6.07) is 6.45. The van der Waals surface area contributed by atoms with Gasteiger partial charge in [0.2, 0.25) is 20.0 Å². The summed E-state index contributed by atoms with van der Waals surface area (Å²) in [7, 11) is -5.36. The van der Waals surface area contributed by atoms with Crippen LogP contribution in [-0.4, -0.2) is 43.2 Å². The fourth-order valence-corrected chi connectivity index (χ4v) is 3.12. The van der Waals surface area contributed by atoms with Crippen LogP contribution in [0.5, 0.6) is 0 Å². The first-order valence-corrected chi connectivity index (χ1v) is 8.85. The molecule has 9 heteroatoms. The van der Waals surface area contributed by atoms with Crippen LogP contribution in [0, 0.1) is 0 Å². The molecule has 7 nitrogen and oxygen atoms in total. The van der Waals surface area contributed by atoms with Crippen LogP contribution in [0.1, 0.15) is 0 Å². The summed E-state index contributed by atoms with van der Waals surface area (Å²) in [5, 5.41) is 2.79. The van der Waals surface area contributed by atoms with E-state index in [-0.39, 0.29) is 18.0 Å². The maximum absolute atomic E-state index is 12.0. The van der Waals surface area contributed by atoms with Gasteiger partial charge in [0.15, 0.2) is 0 Å². The van der Waals surface area contributed by atoms with Crippen molar-refractivity contribution < 1.29 is 16.8 Å². The van der Waals surface area contributed by atoms with Crippen molar-refractivity contribution in [3.8, 4) is 0 Å². The summed E-state index contributed by atoms with van der Waals surface area (Å²) in [4.78, 5) is 0.122. The highest BCUT2D eigenvalue weighted by molar-refractivity contribution is 7.89. The molecule has 0 aromatic heterocycles. The molecule has 0 bridgehead atoms. The number of hydrogen-bond donors (Lipinski definition) is 3. The van der Waals surface area contributed by atoms with Crippen molar-refractivity contribution in [2.24, 2.45) is 0 Å². The standard InChI is InChI=1S/C10H17N3O4S2/c1-11-9-5-3-4-6-10(9)19(16,17)13-8-7-12-18(2,14)15/h3-6,11-13H,7-8H2,1-2H3. The van der Waals surface area contributed by atoms with E-state index >= 15 is 0 Å². The predicted octanol–water partition coefficient (Wildman–Crippen LogP) is -0.444. The largest absolute Gasteiger partial charge is 0.387 e. The third kappa shape index (κ3) is 5.15. The van der Waals surface area contributed by atoms with E-state index in [1.807, 2.05) is 0 Å². The summed E-state index contributed by atoms with van der Waals surface area (Å²) in [6.45, 7) is -0.0206. The van der Waals surface area contributed by atoms with Crippen molar-refractivity contribution in [3.63, 3.8) is 0 Å². The van der Waals surface area contributed by atoms with E-state index < -0.39 is 20.0 Å². The molecule has 0 saturated carbocycles. The van der Waals surface area contributed by atoms with E-state index in [0.29, 0.717) is 5.69 Å². The Labute approximate surface area is 113 Å². The number of anilines is 1. The minimum atomic E-state index is -3.67. The third-order valence-electron chi connectivity index (χ3n) is 2.23. The molecule has 0 unspecified atom stereocenters. The topological polar surface area (TPSA) is 104 Å². The van der Waals surface area contributed by atoms with Crippen LogP contribution in [0.4, 0.5) is 5.69 Å². The lowest BCUT2D eigenvalue weighted by Gasteiger charge is -2.11. The van der Waals surface area contributed by atoms with Crippen LogP contribution >= 0.6 is 0 Å². The van der Waals surface area contributed by atoms with Crippen molar-refractivity contribution in [2.45, 2.75) is 4.90 Å². The molecule has 1 aromatic rings. The van der Waals surface area contributed by atoms with Gasteiger partial charge >= 0.3 is 0 Å². The fraction of sp³-hybridized carbons (Fsp3) is 0.400. The summed E-state index contributed by atoms with van der Waals surface area (Å²) in [5.41, 5.74) is 0.478.